The first-order valence-electron chi connectivity index (χ1n) is 4.83. The average molecular weight is 243 g/mol. The molecule has 4 N–H and O–H groups in total. The van der Waals surface area contributed by atoms with Crippen molar-refractivity contribution in [2.24, 2.45) is 5.73 Å². The highest BCUT2D eigenvalue weighted by atomic mass is 31.2. The standard InChI is InChI=1S/C8H11N.C3H7O3P/c1-7(9)8-5-3-2-4-6-8;1-2-3-7(4,5)6/h2-7H,9H2,1H3;2H,1,3H2,(H2,4,5,6)/t7-;/m1./s1. The summed E-state index contributed by atoms with van der Waals surface area (Å²) in [5.74, 6) is 0. The van der Waals surface area contributed by atoms with Crippen LogP contribution in [-0.4, -0.2) is 15.9 Å². The van der Waals surface area contributed by atoms with Gasteiger partial charge in [0, 0.05) is 6.04 Å². The van der Waals surface area contributed by atoms with E-state index < -0.39 is 7.60 Å². The van der Waals surface area contributed by atoms with Gasteiger partial charge in [-0.15, -0.1) is 6.58 Å². The zero-order valence-electron chi connectivity index (χ0n) is 9.28. The predicted molar refractivity (Wildman–Crippen MR) is 66.2 cm³/mol. The van der Waals surface area contributed by atoms with Crippen molar-refractivity contribution in [2.45, 2.75) is 13.0 Å². The van der Waals surface area contributed by atoms with Gasteiger partial charge in [-0.05, 0) is 12.5 Å². The van der Waals surface area contributed by atoms with Crippen molar-refractivity contribution in [3.05, 3.63) is 48.6 Å². The molecule has 0 unspecified atom stereocenters. The van der Waals surface area contributed by atoms with E-state index in [4.69, 9.17) is 15.5 Å². The van der Waals surface area contributed by atoms with E-state index in [0.717, 1.165) is 0 Å². The lowest BCUT2D eigenvalue weighted by Gasteiger charge is -2.02. The molecule has 0 radical (unpaired) electrons. The zero-order chi connectivity index (χ0) is 12.6. The Balaban J connectivity index is 0.000000293. The van der Waals surface area contributed by atoms with E-state index in [9.17, 15) is 4.57 Å². The molecule has 0 fully saturated rings. The van der Waals surface area contributed by atoms with E-state index in [2.05, 4.69) is 6.58 Å². The molecule has 0 saturated heterocycles. The zero-order valence-corrected chi connectivity index (χ0v) is 10.2. The third-order valence-electron chi connectivity index (χ3n) is 1.69. The molecule has 0 amide bonds. The van der Waals surface area contributed by atoms with E-state index >= 15 is 0 Å². The Morgan fingerprint density at radius 1 is 1.44 bits per heavy atom. The second-order valence-electron chi connectivity index (χ2n) is 3.34. The van der Waals surface area contributed by atoms with Crippen LogP contribution in [0.3, 0.4) is 0 Å². The molecule has 0 spiro atoms. The SMILES string of the molecule is C=CCP(=O)(O)O.C[C@@H](N)c1ccccc1. The van der Waals surface area contributed by atoms with E-state index in [1.54, 1.807) is 0 Å². The molecule has 0 aromatic heterocycles. The van der Waals surface area contributed by atoms with Crippen molar-refractivity contribution in [3.8, 4) is 0 Å². The maximum Gasteiger partial charge on any atom is 0.329 e. The van der Waals surface area contributed by atoms with Crippen LogP contribution in [-0.2, 0) is 4.57 Å². The second-order valence-corrected chi connectivity index (χ2v) is 5.03. The van der Waals surface area contributed by atoms with Gasteiger partial charge in [-0.3, -0.25) is 4.57 Å². The van der Waals surface area contributed by atoms with E-state index in [1.807, 2.05) is 37.3 Å². The highest BCUT2D eigenvalue weighted by molar-refractivity contribution is 7.51. The molecule has 1 aromatic carbocycles. The summed E-state index contributed by atoms with van der Waals surface area (Å²) >= 11 is 0. The smallest absolute Gasteiger partial charge is 0.324 e. The quantitative estimate of drug-likeness (QED) is 0.560. The first-order chi connectivity index (χ1) is 7.37. The maximum absolute atomic E-state index is 9.85. The number of hydrogen-bond donors (Lipinski definition) is 3. The van der Waals surface area contributed by atoms with Gasteiger partial charge in [0.25, 0.3) is 0 Å². The fourth-order valence-electron chi connectivity index (χ4n) is 0.925. The molecule has 0 bridgehead atoms. The van der Waals surface area contributed by atoms with Crippen LogP contribution in [0.25, 0.3) is 0 Å². The average Bonchev–Trinajstić information content (AvgIpc) is 2.18. The molecule has 0 saturated carbocycles. The van der Waals surface area contributed by atoms with Gasteiger partial charge in [-0.1, -0.05) is 36.4 Å². The minimum absolute atomic E-state index is 0.159. The highest BCUT2D eigenvalue weighted by Crippen LogP contribution is 2.33. The summed E-state index contributed by atoms with van der Waals surface area (Å²) in [6, 6.07) is 10.2. The number of nitrogens with two attached hydrogens (primary N) is 1. The van der Waals surface area contributed by atoms with Gasteiger partial charge < -0.3 is 15.5 Å². The molecule has 4 nitrogen and oxygen atoms in total. The van der Waals surface area contributed by atoms with Crippen LogP contribution in [0.1, 0.15) is 18.5 Å². The van der Waals surface area contributed by atoms with Crippen LogP contribution >= 0.6 is 7.60 Å². The summed E-state index contributed by atoms with van der Waals surface area (Å²) < 4.78 is 9.85. The number of benzene rings is 1. The van der Waals surface area contributed by atoms with Gasteiger partial charge >= 0.3 is 7.60 Å². The van der Waals surface area contributed by atoms with E-state index in [0.29, 0.717) is 0 Å². The summed E-state index contributed by atoms with van der Waals surface area (Å²) in [7, 11) is -3.78. The Bertz CT molecular complexity index is 346. The van der Waals surface area contributed by atoms with Crippen molar-refractivity contribution >= 4 is 7.60 Å². The lowest BCUT2D eigenvalue weighted by molar-refractivity contribution is 0.377. The minimum atomic E-state index is -3.78. The molecule has 0 aliphatic rings. The third-order valence-corrected chi connectivity index (χ3v) is 2.43. The summed E-state index contributed by atoms with van der Waals surface area (Å²) in [5.41, 5.74) is 6.81. The second kappa shape index (κ2) is 7.36. The van der Waals surface area contributed by atoms with Gasteiger partial charge in [0.05, 0.1) is 6.16 Å². The van der Waals surface area contributed by atoms with Gasteiger partial charge in [-0.25, -0.2) is 0 Å². The highest BCUT2D eigenvalue weighted by Gasteiger charge is 2.06. The number of hydrogen-bond acceptors (Lipinski definition) is 2. The van der Waals surface area contributed by atoms with Crippen LogP contribution in [0.4, 0.5) is 0 Å². The Hall–Kier alpha value is -0.930. The Labute approximate surface area is 96.0 Å². The molecular formula is C11H18NO3P. The predicted octanol–water partition coefficient (Wildman–Crippen LogP) is 2.06. The topological polar surface area (TPSA) is 83.5 Å². The van der Waals surface area contributed by atoms with Crippen LogP contribution < -0.4 is 5.73 Å². The molecule has 1 atom stereocenters. The Morgan fingerprint density at radius 2 is 1.94 bits per heavy atom. The first kappa shape index (κ1) is 15.1. The van der Waals surface area contributed by atoms with E-state index in [1.165, 1.54) is 11.6 Å². The number of allylic oxidation sites excluding steroid dienone is 1. The van der Waals surface area contributed by atoms with Gasteiger partial charge in [-0.2, -0.15) is 0 Å². The largest absolute Gasteiger partial charge is 0.329 e. The van der Waals surface area contributed by atoms with Crippen molar-refractivity contribution < 1.29 is 14.4 Å². The minimum Gasteiger partial charge on any atom is -0.324 e. The van der Waals surface area contributed by atoms with Crippen molar-refractivity contribution in [1.82, 2.24) is 0 Å². The lowest BCUT2D eigenvalue weighted by Crippen LogP contribution is -2.03. The Kier molecular flexibility index (Phi) is 6.93. The molecule has 1 aromatic rings. The fourth-order valence-corrected chi connectivity index (χ4v) is 1.26. The summed E-state index contributed by atoms with van der Waals surface area (Å²) in [6.07, 6.45) is 0.966. The van der Waals surface area contributed by atoms with Crippen molar-refractivity contribution in [2.75, 3.05) is 6.16 Å². The molecule has 90 valence electrons. The first-order valence-corrected chi connectivity index (χ1v) is 6.62. The molecule has 0 aliphatic carbocycles. The summed E-state index contributed by atoms with van der Waals surface area (Å²) in [6.45, 7) is 5.14. The molecular weight excluding hydrogens is 225 g/mol. The molecule has 1 rings (SSSR count). The third kappa shape index (κ3) is 8.38. The van der Waals surface area contributed by atoms with Crippen LogP contribution in [0.5, 0.6) is 0 Å². The monoisotopic (exact) mass is 243 g/mol. The number of rotatable bonds is 3. The fraction of sp³-hybridized carbons (Fsp3) is 0.273. The normalized spacial score (nSPS) is 12.2. The van der Waals surface area contributed by atoms with Crippen LogP contribution in [0, 0.1) is 0 Å². The Morgan fingerprint density at radius 3 is 2.12 bits per heavy atom. The van der Waals surface area contributed by atoms with Crippen molar-refractivity contribution in [1.29, 1.82) is 0 Å². The van der Waals surface area contributed by atoms with Crippen molar-refractivity contribution in [3.63, 3.8) is 0 Å². The van der Waals surface area contributed by atoms with Crippen LogP contribution in [0.2, 0.25) is 0 Å². The van der Waals surface area contributed by atoms with Gasteiger partial charge in [0.1, 0.15) is 0 Å². The summed E-state index contributed by atoms with van der Waals surface area (Å²) in [4.78, 5) is 16.1. The maximum atomic E-state index is 9.85. The molecule has 16 heavy (non-hydrogen) atoms. The van der Waals surface area contributed by atoms with E-state index in [-0.39, 0.29) is 12.2 Å². The lowest BCUT2D eigenvalue weighted by atomic mass is 10.1. The molecule has 0 heterocycles. The van der Waals surface area contributed by atoms with Crippen LogP contribution in [0.15, 0.2) is 43.0 Å². The molecule has 5 heteroatoms. The summed E-state index contributed by atoms with van der Waals surface area (Å²) in [5, 5.41) is 0. The van der Waals surface area contributed by atoms with Gasteiger partial charge in [0.15, 0.2) is 0 Å². The van der Waals surface area contributed by atoms with Gasteiger partial charge in [0.2, 0.25) is 0 Å². The molecule has 0 aliphatic heterocycles.